The van der Waals surface area contributed by atoms with Gasteiger partial charge in [-0.2, -0.15) is 0 Å². The van der Waals surface area contributed by atoms with Gasteiger partial charge in [-0.1, -0.05) is 0 Å². The summed E-state index contributed by atoms with van der Waals surface area (Å²) in [4.78, 5) is 2.71. The Labute approximate surface area is 131 Å². The van der Waals surface area contributed by atoms with E-state index >= 15 is 0 Å². The highest BCUT2D eigenvalue weighted by molar-refractivity contribution is 5.85. The molecule has 2 aliphatic rings. The van der Waals surface area contributed by atoms with Crippen LogP contribution in [0, 0.1) is 11.8 Å². The van der Waals surface area contributed by atoms with Gasteiger partial charge in [0.2, 0.25) is 0 Å². The molecule has 0 bridgehead atoms. The molecule has 0 amide bonds. The summed E-state index contributed by atoms with van der Waals surface area (Å²) in [7, 11) is 2.06. The minimum Gasteiger partial charge on any atom is -0.320 e. The van der Waals surface area contributed by atoms with E-state index < -0.39 is 0 Å². The Balaban J connectivity index is 0.00000162. The van der Waals surface area contributed by atoms with Crippen LogP contribution in [0.1, 0.15) is 32.1 Å². The maximum absolute atomic E-state index is 3.46. The molecule has 5 heteroatoms. The summed E-state index contributed by atoms with van der Waals surface area (Å²) in [5, 5.41) is 6.73. The maximum atomic E-state index is 3.46. The maximum Gasteiger partial charge on any atom is 0.00106 e. The second-order valence-electron chi connectivity index (χ2n) is 5.83. The van der Waals surface area contributed by atoms with Crippen molar-refractivity contribution in [3.8, 4) is 0 Å². The van der Waals surface area contributed by atoms with Crippen molar-refractivity contribution in [3.63, 3.8) is 0 Å². The molecule has 2 fully saturated rings. The normalized spacial score (nSPS) is 22.6. The summed E-state index contributed by atoms with van der Waals surface area (Å²) in [5.41, 5.74) is 0. The molecule has 2 heterocycles. The van der Waals surface area contributed by atoms with E-state index in [-0.39, 0.29) is 24.8 Å². The van der Waals surface area contributed by atoms with Crippen LogP contribution in [0.5, 0.6) is 0 Å². The topological polar surface area (TPSA) is 27.3 Å². The van der Waals surface area contributed by atoms with Crippen molar-refractivity contribution in [2.45, 2.75) is 32.1 Å². The van der Waals surface area contributed by atoms with Crippen LogP contribution in [-0.4, -0.2) is 51.2 Å². The summed E-state index contributed by atoms with van der Waals surface area (Å²) in [6, 6.07) is 0. The molecule has 0 aromatic rings. The Kier molecular flexibility index (Phi) is 11.4. The highest BCUT2D eigenvalue weighted by atomic mass is 35.5. The smallest absolute Gasteiger partial charge is 0.00106 e. The minimum atomic E-state index is 0. The lowest BCUT2D eigenvalue weighted by Crippen LogP contribution is -2.40. The number of likely N-dealkylation sites (tertiary alicyclic amines) is 1. The lowest BCUT2D eigenvalue weighted by Gasteiger charge is -2.35. The summed E-state index contributed by atoms with van der Waals surface area (Å²) >= 11 is 0. The fourth-order valence-corrected chi connectivity index (χ4v) is 3.24. The van der Waals surface area contributed by atoms with Crippen molar-refractivity contribution in [2.24, 2.45) is 11.8 Å². The Bertz CT molecular complexity index is 203. The van der Waals surface area contributed by atoms with E-state index in [9.17, 15) is 0 Å². The van der Waals surface area contributed by atoms with Crippen molar-refractivity contribution in [3.05, 3.63) is 0 Å². The molecule has 2 rings (SSSR count). The fourth-order valence-electron chi connectivity index (χ4n) is 3.24. The van der Waals surface area contributed by atoms with E-state index in [2.05, 4.69) is 22.6 Å². The van der Waals surface area contributed by atoms with E-state index in [1.807, 2.05) is 0 Å². The van der Waals surface area contributed by atoms with Gasteiger partial charge in [0, 0.05) is 6.54 Å². The molecule has 2 aliphatic heterocycles. The molecule has 0 aromatic carbocycles. The highest BCUT2D eigenvalue weighted by Gasteiger charge is 2.22. The number of piperidine rings is 2. The van der Waals surface area contributed by atoms with Crippen molar-refractivity contribution < 1.29 is 0 Å². The summed E-state index contributed by atoms with van der Waals surface area (Å²) in [6.45, 7) is 7.72. The first-order chi connectivity index (χ1) is 8.38. The van der Waals surface area contributed by atoms with Gasteiger partial charge in [0.15, 0.2) is 0 Å². The van der Waals surface area contributed by atoms with E-state index in [1.165, 1.54) is 71.4 Å². The van der Waals surface area contributed by atoms with Crippen LogP contribution in [0.25, 0.3) is 0 Å². The summed E-state index contributed by atoms with van der Waals surface area (Å²) in [6.07, 6.45) is 7.00. The summed E-state index contributed by atoms with van der Waals surface area (Å²) < 4.78 is 0. The average molecular weight is 312 g/mol. The largest absolute Gasteiger partial charge is 0.320 e. The van der Waals surface area contributed by atoms with Crippen LogP contribution in [0.3, 0.4) is 0 Å². The van der Waals surface area contributed by atoms with Crippen LogP contribution in [-0.2, 0) is 0 Å². The fraction of sp³-hybridized carbons (Fsp3) is 1.00. The zero-order valence-electron chi connectivity index (χ0n) is 12.2. The lowest BCUT2D eigenvalue weighted by atomic mass is 9.91. The van der Waals surface area contributed by atoms with Crippen LogP contribution in [0.2, 0.25) is 0 Å². The van der Waals surface area contributed by atoms with Crippen molar-refractivity contribution in [2.75, 3.05) is 46.3 Å². The van der Waals surface area contributed by atoms with Crippen LogP contribution < -0.4 is 10.6 Å². The van der Waals surface area contributed by atoms with Crippen LogP contribution in [0.4, 0.5) is 0 Å². The lowest BCUT2D eigenvalue weighted by molar-refractivity contribution is 0.145. The van der Waals surface area contributed by atoms with Crippen molar-refractivity contribution in [1.29, 1.82) is 0 Å². The zero-order valence-corrected chi connectivity index (χ0v) is 13.8. The Morgan fingerprint density at radius 2 is 1.63 bits per heavy atom. The van der Waals surface area contributed by atoms with E-state index in [4.69, 9.17) is 0 Å². The second kappa shape index (κ2) is 11.2. The standard InChI is InChI=1S/C14H29N3.2ClH/c1-15-7-2-13-5-10-17(11-6-13)12-14-3-8-16-9-4-14;;/h13-16H,2-12H2,1H3;2*1H. The quantitative estimate of drug-likeness (QED) is 0.814. The molecule has 2 N–H and O–H groups in total. The number of hydrogen-bond acceptors (Lipinski definition) is 3. The molecular weight excluding hydrogens is 281 g/mol. The van der Waals surface area contributed by atoms with Crippen LogP contribution >= 0.6 is 24.8 Å². The molecular formula is C14H31Cl2N3. The van der Waals surface area contributed by atoms with E-state index in [0.29, 0.717) is 0 Å². The average Bonchev–Trinajstić information content (AvgIpc) is 2.39. The van der Waals surface area contributed by atoms with Gasteiger partial charge in [0.1, 0.15) is 0 Å². The van der Waals surface area contributed by atoms with Crippen molar-refractivity contribution in [1.82, 2.24) is 15.5 Å². The minimum absolute atomic E-state index is 0. The monoisotopic (exact) mass is 311 g/mol. The van der Waals surface area contributed by atoms with Gasteiger partial charge in [0.05, 0.1) is 0 Å². The van der Waals surface area contributed by atoms with E-state index in [0.717, 1.165) is 11.8 Å². The second-order valence-corrected chi connectivity index (χ2v) is 5.83. The summed E-state index contributed by atoms with van der Waals surface area (Å²) in [5.74, 6) is 1.94. The third-order valence-electron chi connectivity index (χ3n) is 4.48. The molecule has 0 saturated carbocycles. The number of nitrogens with one attached hydrogen (secondary N) is 2. The van der Waals surface area contributed by atoms with Gasteiger partial charge < -0.3 is 15.5 Å². The molecule has 19 heavy (non-hydrogen) atoms. The molecule has 0 spiro atoms. The first-order valence-corrected chi connectivity index (χ1v) is 7.46. The molecule has 0 radical (unpaired) electrons. The van der Waals surface area contributed by atoms with Gasteiger partial charge in [0.25, 0.3) is 0 Å². The molecule has 0 atom stereocenters. The third kappa shape index (κ3) is 7.14. The van der Waals surface area contributed by atoms with Gasteiger partial charge >= 0.3 is 0 Å². The molecule has 2 saturated heterocycles. The predicted molar refractivity (Wildman–Crippen MR) is 87.8 cm³/mol. The molecule has 0 aliphatic carbocycles. The van der Waals surface area contributed by atoms with Gasteiger partial charge in [-0.3, -0.25) is 0 Å². The highest BCUT2D eigenvalue weighted by Crippen LogP contribution is 2.22. The molecule has 0 aromatic heterocycles. The number of halogens is 2. The first-order valence-electron chi connectivity index (χ1n) is 7.46. The van der Waals surface area contributed by atoms with Gasteiger partial charge in [-0.15, -0.1) is 24.8 Å². The Morgan fingerprint density at radius 3 is 2.21 bits per heavy atom. The Morgan fingerprint density at radius 1 is 1.00 bits per heavy atom. The van der Waals surface area contributed by atoms with Crippen LogP contribution in [0.15, 0.2) is 0 Å². The predicted octanol–water partition coefficient (Wildman–Crippen LogP) is 2.15. The SMILES string of the molecule is CNCCC1CCN(CC2CCNCC2)CC1.Cl.Cl. The number of hydrogen-bond donors (Lipinski definition) is 2. The zero-order chi connectivity index (χ0) is 11.9. The molecule has 0 unspecified atom stereocenters. The molecule has 116 valence electrons. The van der Waals surface area contributed by atoms with Gasteiger partial charge in [-0.25, -0.2) is 0 Å². The van der Waals surface area contributed by atoms with Gasteiger partial charge in [-0.05, 0) is 83.7 Å². The first kappa shape index (κ1) is 19.5. The number of nitrogens with zero attached hydrogens (tertiary/aromatic N) is 1. The van der Waals surface area contributed by atoms with E-state index in [1.54, 1.807) is 0 Å². The Hall–Kier alpha value is 0.460. The van der Waals surface area contributed by atoms with Crippen molar-refractivity contribution >= 4 is 24.8 Å². The third-order valence-corrected chi connectivity index (χ3v) is 4.48. The molecule has 3 nitrogen and oxygen atoms in total. The number of rotatable bonds is 5.